The van der Waals surface area contributed by atoms with Gasteiger partial charge in [-0.25, -0.2) is 12.8 Å². The SMILES string of the molecule is Cc1cc(NS(=O)(=O)c2cc(N)ccc2F)no1. The Labute approximate surface area is 103 Å². The fourth-order valence-electron chi connectivity index (χ4n) is 1.33. The fourth-order valence-corrected chi connectivity index (χ4v) is 2.43. The Kier molecular flexibility index (Phi) is 2.95. The number of nitrogens with zero attached hydrogens (tertiary/aromatic N) is 1. The number of aromatic nitrogens is 1. The van der Waals surface area contributed by atoms with Gasteiger partial charge in [-0.3, -0.25) is 4.72 Å². The van der Waals surface area contributed by atoms with Crippen LogP contribution in [0.1, 0.15) is 5.76 Å². The second-order valence-corrected chi connectivity index (χ2v) is 5.27. The van der Waals surface area contributed by atoms with Crippen LogP contribution in [0.5, 0.6) is 0 Å². The fraction of sp³-hybridized carbons (Fsp3) is 0.100. The van der Waals surface area contributed by atoms with Crippen molar-refractivity contribution in [3.8, 4) is 0 Å². The molecule has 1 aromatic heterocycles. The first-order valence-corrected chi connectivity index (χ1v) is 6.38. The maximum absolute atomic E-state index is 13.5. The second-order valence-electron chi connectivity index (χ2n) is 3.62. The van der Waals surface area contributed by atoms with Crippen LogP contribution in [0, 0.1) is 12.7 Å². The predicted octanol–water partition coefficient (Wildman–Crippen LogP) is 1.51. The summed E-state index contributed by atoms with van der Waals surface area (Å²) in [5, 5.41) is 3.46. The van der Waals surface area contributed by atoms with Crippen molar-refractivity contribution >= 4 is 21.5 Å². The minimum absolute atomic E-state index is 0.0191. The lowest BCUT2D eigenvalue weighted by molar-refractivity contribution is 0.400. The molecule has 0 atom stereocenters. The van der Waals surface area contributed by atoms with E-state index >= 15 is 0 Å². The van der Waals surface area contributed by atoms with E-state index in [0.717, 1.165) is 12.1 Å². The highest BCUT2D eigenvalue weighted by molar-refractivity contribution is 7.92. The summed E-state index contributed by atoms with van der Waals surface area (Å²) in [4.78, 5) is -0.539. The molecule has 1 aromatic carbocycles. The summed E-state index contributed by atoms with van der Waals surface area (Å²) in [7, 11) is -4.08. The Balaban J connectivity index is 2.39. The van der Waals surface area contributed by atoms with Crippen LogP contribution in [0.25, 0.3) is 0 Å². The average molecular weight is 271 g/mol. The van der Waals surface area contributed by atoms with Crippen molar-refractivity contribution in [2.24, 2.45) is 0 Å². The Morgan fingerprint density at radius 3 is 2.72 bits per heavy atom. The van der Waals surface area contributed by atoms with Crippen molar-refractivity contribution in [3.63, 3.8) is 0 Å². The Morgan fingerprint density at radius 1 is 1.39 bits per heavy atom. The predicted molar refractivity (Wildman–Crippen MR) is 62.9 cm³/mol. The molecule has 0 bridgehead atoms. The van der Waals surface area contributed by atoms with E-state index in [2.05, 4.69) is 9.88 Å². The molecule has 0 spiro atoms. The van der Waals surface area contributed by atoms with E-state index in [1.165, 1.54) is 12.1 Å². The highest BCUT2D eigenvalue weighted by Gasteiger charge is 2.20. The molecule has 0 aliphatic heterocycles. The first-order valence-electron chi connectivity index (χ1n) is 4.89. The smallest absolute Gasteiger partial charge is 0.266 e. The van der Waals surface area contributed by atoms with Gasteiger partial charge in [0, 0.05) is 11.8 Å². The zero-order valence-corrected chi connectivity index (χ0v) is 10.2. The van der Waals surface area contributed by atoms with Crippen molar-refractivity contribution in [1.29, 1.82) is 0 Å². The van der Waals surface area contributed by atoms with Crippen LogP contribution in [-0.4, -0.2) is 13.6 Å². The van der Waals surface area contributed by atoms with Gasteiger partial charge in [0.1, 0.15) is 16.5 Å². The van der Waals surface area contributed by atoms with E-state index in [1.54, 1.807) is 6.92 Å². The zero-order chi connectivity index (χ0) is 13.3. The summed E-state index contributed by atoms with van der Waals surface area (Å²) >= 11 is 0. The van der Waals surface area contributed by atoms with Crippen LogP contribution in [0.3, 0.4) is 0 Å². The zero-order valence-electron chi connectivity index (χ0n) is 9.34. The molecule has 6 nitrogen and oxygen atoms in total. The highest BCUT2D eigenvalue weighted by atomic mass is 32.2. The summed E-state index contributed by atoms with van der Waals surface area (Å²) in [5.41, 5.74) is 5.58. The summed E-state index contributed by atoms with van der Waals surface area (Å²) in [6.07, 6.45) is 0. The molecule has 8 heteroatoms. The first-order chi connectivity index (χ1) is 8.38. The van der Waals surface area contributed by atoms with Gasteiger partial charge < -0.3 is 10.3 Å². The Hall–Kier alpha value is -2.09. The molecule has 3 N–H and O–H groups in total. The van der Waals surface area contributed by atoms with Crippen molar-refractivity contribution in [2.45, 2.75) is 11.8 Å². The molecule has 0 unspecified atom stereocenters. The average Bonchev–Trinajstić information content (AvgIpc) is 2.66. The minimum atomic E-state index is -4.08. The third-order valence-electron chi connectivity index (χ3n) is 2.11. The molecule has 0 aliphatic rings. The van der Waals surface area contributed by atoms with E-state index in [9.17, 15) is 12.8 Å². The van der Waals surface area contributed by atoms with Crippen molar-refractivity contribution in [1.82, 2.24) is 5.16 Å². The molecule has 0 radical (unpaired) electrons. The lowest BCUT2D eigenvalue weighted by Crippen LogP contribution is -2.15. The molecule has 1 heterocycles. The van der Waals surface area contributed by atoms with Crippen LogP contribution in [0.4, 0.5) is 15.9 Å². The molecule has 96 valence electrons. The van der Waals surface area contributed by atoms with E-state index in [4.69, 9.17) is 10.3 Å². The van der Waals surface area contributed by atoms with Crippen LogP contribution in [-0.2, 0) is 10.0 Å². The number of nitrogens with two attached hydrogens (primary N) is 1. The monoisotopic (exact) mass is 271 g/mol. The molecule has 18 heavy (non-hydrogen) atoms. The standard InChI is InChI=1S/C10H10FN3O3S/c1-6-4-10(13-17-6)14-18(15,16)9-5-7(12)2-3-8(9)11/h2-5H,12H2,1H3,(H,13,14). The first kappa shape index (κ1) is 12.4. The summed E-state index contributed by atoms with van der Waals surface area (Å²) in [5.74, 6) is -0.480. The normalized spacial score (nSPS) is 11.4. The van der Waals surface area contributed by atoms with Crippen LogP contribution < -0.4 is 10.5 Å². The van der Waals surface area contributed by atoms with Crippen molar-refractivity contribution in [3.05, 3.63) is 35.8 Å². The molecule has 2 rings (SSSR count). The number of benzene rings is 1. The number of hydrogen-bond donors (Lipinski definition) is 2. The highest BCUT2D eigenvalue weighted by Crippen LogP contribution is 2.20. The van der Waals surface area contributed by atoms with Gasteiger partial charge in [-0.2, -0.15) is 0 Å². The summed E-state index contributed by atoms with van der Waals surface area (Å²) in [6.45, 7) is 1.60. The van der Waals surface area contributed by atoms with Gasteiger partial charge in [-0.15, -0.1) is 0 Å². The quantitative estimate of drug-likeness (QED) is 0.824. The van der Waals surface area contributed by atoms with Crippen LogP contribution in [0.2, 0.25) is 0 Å². The molecule has 0 amide bonds. The van der Waals surface area contributed by atoms with Crippen molar-refractivity contribution < 1.29 is 17.3 Å². The summed E-state index contributed by atoms with van der Waals surface area (Å²) < 4.78 is 44.0. The third kappa shape index (κ3) is 2.43. The maximum Gasteiger partial charge on any atom is 0.266 e. The minimum Gasteiger partial charge on any atom is -0.399 e. The number of anilines is 2. The molecule has 0 saturated carbocycles. The van der Waals surface area contributed by atoms with Gasteiger partial charge in [0.2, 0.25) is 0 Å². The largest absolute Gasteiger partial charge is 0.399 e. The maximum atomic E-state index is 13.5. The number of rotatable bonds is 3. The van der Waals surface area contributed by atoms with Crippen LogP contribution >= 0.6 is 0 Å². The van der Waals surface area contributed by atoms with E-state index in [0.29, 0.717) is 5.76 Å². The number of nitrogen functional groups attached to an aromatic ring is 1. The Bertz CT molecular complexity index is 681. The molecule has 2 aromatic rings. The molecule has 0 aliphatic carbocycles. The third-order valence-corrected chi connectivity index (χ3v) is 3.48. The van der Waals surface area contributed by atoms with Gasteiger partial charge in [0.05, 0.1) is 0 Å². The Morgan fingerprint density at radius 2 is 2.11 bits per heavy atom. The lowest BCUT2D eigenvalue weighted by Gasteiger charge is -2.06. The topological polar surface area (TPSA) is 98.2 Å². The number of halogens is 1. The van der Waals surface area contributed by atoms with Gasteiger partial charge in [0.15, 0.2) is 5.82 Å². The van der Waals surface area contributed by atoms with Gasteiger partial charge in [-0.05, 0) is 25.1 Å². The van der Waals surface area contributed by atoms with Crippen molar-refractivity contribution in [2.75, 3.05) is 10.5 Å². The van der Waals surface area contributed by atoms with Crippen LogP contribution in [0.15, 0.2) is 33.7 Å². The number of aryl methyl sites for hydroxylation is 1. The van der Waals surface area contributed by atoms with Gasteiger partial charge >= 0.3 is 0 Å². The van der Waals surface area contributed by atoms with E-state index in [1.807, 2.05) is 0 Å². The molecular weight excluding hydrogens is 261 g/mol. The van der Waals surface area contributed by atoms with E-state index < -0.39 is 20.7 Å². The summed E-state index contributed by atoms with van der Waals surface area (Å²) in [6, 6.07) is 4.67. The molecule has 0 fully saturated rings. The second kappa shape index (κ2) is 4.30. The van der Waals surface area contributed by atoms with E-state index in [-0.39, 0.29) is 11.5 Å². The molecule has 0 saturated heterocycles. The lowest BCUT2D eigenvalue weighted by atomic mass is 10.3. The molecular formula is C10H10FN3O3S. The van der Waals surface area contributed by atoms with Gasteiger partial charge in [0.25, 0.3) is 10.0 Å². The number of sulfonamides is 1. The number of nitrogens with one attached hydrogen (secondary N) is 1. The van der Waals surface area contributed by atoms with Gasteiger partial charge in [-0.1, -0.05) is 5.16 Å². The number of hydrogen-bond acceptors (Lipinski definition) is 5.